The lowest BCUT2D eigenvalue weighted by Crippen LogP contribution is -2.59. The molecule has 10 heteroatoms. The SMILES string of the molecule is O=C(OC1C(O)C(O)OC(CO)C1O)c1cc(O)c(O)c(O)c1. The fraction of sp³-hybridized carbons (Fsp3) is 0.462. The summed E-state index contributed by atoms with van der Waals surface area (Å²) in [6.07, 6.45) is -8.11. The van der Waals surface area contributed by atoms with E-state index in [1.807, 2.05) is 0 Å². The predicted octanol–water partition coefficient (Wildman–Crippen LogP) is -2.24. The maximum absolute atomic E-state index is 12.0. The Kier molecular flexibility index (Phi) is 4.92. The van der Waals surface area contributed by atoms with Crippen LogP contribution in [0.25, 0.3) is 0 Å². The standard InChI is InChI=1S/C13H16O10/c14-3-7-9(18)11(10(19)13(21)22-7)23-12(20)4-1-5(15)8(17)6(16)2-4/h1-2,7,9-11,13-19,21H,3H2. The summed E-state index contributed by atoms with van der Waals surface area (Å²) in [5, 5.41) is 66.0. The van der Waals surface area contributed by atoms with Gasteiger partial charge in [0.2, 0.25) is 0 Å². The average molecular weight is 332 g/mol. The van der Waals surface area contributed by atoms with Gasteiger partial charge in [0, 0.05) is 0 Å². The molecular weight excluding hydrogens is 316 g/mol. The second-order valence-electron chi connectivity index (χ2n) is 4.96. The summed E-state index contributed by atoms with van der Waals surface area (Å²) in [6, 6.07) is 1.60. The zero-order valence-electron chi connectivity index (χ0n) is 11.6. The van der Waals surface area contributed by atoms with Crippen LogP contribution in [0.2, 0.25) is 0 Å². The summed E-state index contributed by atoms with van der Waals surface area (Å²) in [5.74, 6) is -3.55. The third-order valence-corrected chi connectivity index (χ3v) is 3.39. The van der Waals surface area contributed by atoms with E-state index in [4.69, 9.17) is 14.6 Å². The van der Waals surface area contributed by atoms with E-state index in [0.29, 0.717) is 0 Å². The minimum absolute atomic E-state index is 0.376. The molecule has 1 aromatic rings. The molecule has 1 heterocycles. The summed E-state index contributed by atoms with van der Waals surface area (Å²) in [4.78, 5) is 12.0. The Hall–Kier alpha value is -2.11. The average Bonchev–Trinajstić information content (AvgIpc) is 2.51. The number of carbonyl (C=O) groups excluding carboxylic acids is 1. The second kappa shape index (κ2) is 6.56. The summed E-state index contributed by atoms with van der Waals surface area (Å²) >= 11 is 0. The zero-order chi connectivity index (χ0) is 17.3. The molecule has 0 aromatic heterocycles. The topological polar surface area (TPSA) is 177 Å². The smallest absolute Gasteiger partial charge is 0.338 e. The van der Waals surface area contributed by atoms with Crippen molar-refractivity contribution in [2.24, 2.45) is 0 Å². The highest BCUT2D eigenvalue weighted by Gasteiger charge is 2.46. The van der Waals surface area contributed by atoms with Crippen LogP contribution in [0.15, 0.2) is 12.1 Å². The van der Waals surface area contributed by atoms with Gasteiger partial charge >= 0.3 is 5.97 Å². The quantitative estimate of drug-likeness (QED) is 0.236. The Morgan fingerprint density at radius 1 is 1.09 bits per heavy atom. The van der Waals surface area contributed by atoms with Gasteiger partial charge in [-0.25, -0.2) is 4.79 Å². The van der Waals surface area contributed by atoms with Crippen molar-refractivity contribution in [1.82, 2.24) is 0 Å². The van der Waals surface area contributed by atoms with Gasteiger partial charge in [-0.05, 0) is 12.1 Å². The first-order chi connectivity index (χ1) is 10.8. The summed E-state index contributed by atoms with van der Waals surface area (Å²) in [5.41, 5.74) is -0.376. The zero-order valence-corrected chi connectivity index (χ0v) is 11.6. The number of ether oxygens (including phenoxy) is 2. The highest BCUT2D eigenvalue weighted by atomic mass is 16.7. The molecule has 7 N–H and O–H groups in total. The number of phenols is 3. The number of hydrogen-bond acceptors (Lipinski definition) is 10. The first-order valence-electron chi connectivity index (χ1n) is 6.52. The number of benzene rings is 1. The Labute approximate surface area is 129 Å². The van der Waals surface area contributed by atoms with E-state index in [9.17, 15) is 35.4 Å². The van der Waals surface area contributed by atoms with Gasteiger partial charge in [0.25, 0.3) is 0 Å². The third kappa shape index (κ3) is 3.30. The van der Waals surface area contributed by atoms with Crippen LogP contribution in [0, 0.1) is 0 Å². The van der Waals surface area contributed by atoms with E-state index in [-0.39, 0.29) is 5.56 Å². The molecule has 2 rings (SSSR count). The molecule has 0 radical (unpaired) electrons. The van der Waals surface area contributed by atoms with Crippen LogP contribution >= 0.6 is 0 Å². The fourth-order valence-electron chi connectivity index (χ4n) is 2.12. The van der Waals surface area contributed by atoms with E-state index in [1.165, 1.54) is 0 Å². The van der Waals surface area contributed by atoms with Crippen molar-refractivity contribution < 1.29 is 50.0 Å². The van der Waals surface area contributed by atoms with Crippen LogP contribution in [0.1, 0.15) is 10.4 Å². The van der Waals surface area contributed by atoms with Gasteiger partial charge in [0.1, 0.15) is 18.3 Å². The molecule has 0 spiro atoms. The van der Waals surface area contributed by atoms with E-state index >= 15 is 0 Å². The molecule has 1 aromatic carbocycles. The lowest BCUT2D eigenvalue weighted by molar-refractivity contribution is -0.285. The monoisotopic (exact) mass is 332 g/mol. The van der Waals surface area contributed by atoms with Gasteiger partial charge in [0.15, 0.2) is 29.6 Å². The van der Waals surface area contributed by atoms with Crippen molar-refractivity contribution in [3.05, 3.63) is 17.7 Å². The molecule has 0 bridgehead atoms. The number of hydrogen-bond donors (Lipinski definition) is 7. The van der Waals surface area contributed by atoms with Crippen LogP contribution in [-0.2, 0) is 9.47 Å². The summed E-state index contributed by atoms with van der Waals surface area (Å²) in [7, 11) is 0. The van der Waals surface area contributed by atoms with Crippen LogP contribution < -0.4 is 0 Å². The fourth-order valence-corrected chi connectivity index (χ4v) is 2.12. The Bertz CT molecular complexity index is 565. The van der Waals surface area contributed by atoms with E-state index < -0.39 is 60.5 Å². The van der Waals surface area contributed by atoms with Crippen molar-refractivity contribution in [3.8, 4) is 17.2 Å². The largest absolute Gasteiger partial charge is 0.504 e. The Balaban J connectivity index is 2.21. The first-order valence-corrected chi connectivity index (χ1v) is 6.52. The van der Waals surface area contributed by atoms with E-state index in [1.54, 1.807) is 0 Å². The molecule has 1 fully saturated rings. The molecule has 1 saturated heterocycles. The molecule has 10 nitrogen and oxygen atoms in total. The van der Waals surface area contributed by atoms with Crippen molar-refractivity contribution in [1.29, 1.82) is 0 Å². The molecule has 1 aliphatic rings. The van der Waals surface area contributed by atoms with Gasteiger partial charge in [0.05, 0.1) is 12.2 Å². The van der Waals surface area contributed by atoms with Crippen molar-refractivity contribution >= 4 is 5.97 Å². The van der Waals surface area contributed by atoms with Crippen molar-refractivity contribution in [2.75, 3.05) is 6.61 Å². The molecule has 0 aliphatic carbocycles. The van der Waals surface area contributed by atoms with Gasteiger partial charge in [-0.1, -0.05) is 0 Å². The van der Waals surface area contributed by atoms with Crippen LogP contribution in [-0.4, -0.2) is 79.0 Å². The molecule has 23 heavy (non-hydrogen) atoms. The number of rotatable bonds is 3. The third-order valence-electron chi connectivity index (χ3n) is 3.39. The lowest BCUT2D eigenvalue weighted by atomic mass is 9.99. The predicted molar refractivity (Wildman–Crippen MR) is 70.6 cm³/mol. The van der Waals surface area contributed by atoms with Gasteiger partial charge < -0.3 is 45.2 Å². The number of phenolic OH excluding ortho intramolecular Hbond substituents is 3. The normalized spacial score (nSPS) is 30.9. The number of aliphatic hydroxyl groups is 4. The number of carbonyl (C=O) groups is 1. The molecule has 128 valence electrons. The molecule has 5 atom stereocenters. The molecule has 5 unspecified atom stereocenters. The second-order valence-corrected chi connectivity index (χ2v) is 4.96. The van der Waals surface area contributed by atoms with Gasteiger partial charge in [-0.3, -0.25) is 0 Å². The first kappa shape index (κ1) is 17.2. The Morgan fingerprint density at radius 2 is 1.65 bits per heavy atom. The number of aliphatic hydroxyl groups excluding tert-OH is 4. The van der Waals surface area contributed by atoms with E-state index in [0.717, 1.165) is 12.1 Å². The van der Waals surface area contributed by atoms with Gasteiger partial charge in [-0.2, -0.15) is 0 Å². The molecular formula is C13H16O10. The summed E-state index contributed by atoms with van der Waals surface area (Å²) < 4.78 is 9.59. The summed E-state index contributed by atoms with van der Waals surface area (Å²) in [6.45, 7) is -0.695. The van der Waals surface area contributed by atoms with Crippen LogP contribution in [0.3, 0.4) is 0 Å². The molecule has 0 amide bonds. The minimum Gasteiger partial charge on any atom is -0.504 e. The van der Waals surface area contributed by atoms with Crippen molar-refractivity contribution in [2.45, 2.75) is 30.7 Å². The number of esters is 1. The highest BCUT2D eigenvalue weighted by molar-refractivity contribution is 5.91. The van der Waals surface area contributed by atoms with Crippen LogP contribution in [0.5, 0.6) is 17.2 Å². The molecule has 1 aliphatic heterocycles. The highest BCUT2D eigenvalue weighted by Crippen LogP contribution is 2.36. The molecule has 0 saturated carbocycles. The maximum Gasteiger partial charge on any atom is 0.338 e. The minimum atomic E-state index is -1.80. The van der Waals surface area contributed by atoms with E-state index in [2.05, 4.69) is 0 Å². The number of aromatic hydroxyl groups is 3. The Morgan fingerprint density at radius 3 is 2.17 bits per heavy atom. The van der Waals surface area contributed by atoms with Gasteiger partial charge in [-0.15, -0.1) is 0 Å². The maximum atomic E-state index is 12.0. The van der Waals surface area contributed by atoms with Crippen molar-refractivity contribution in [3.63, 3.8) is 0 Å². The van der Waals surface area contributed by atoms with Crippen LogP contribution in [0.4, 0.5) is 0 Å². The lowest BCUT2D eigenvalue weighted by Gasteiger charge is -2.39.